The summed E-state index contributed by atoms with van der Waals surface area (Å²) in [6.45, 7) is 0.162. The molecule has 8 nitrogen and oxygen atoms in total. The molecular formula is C12H15ClN4O4. The predicted octanol–water partition coefficient (Wildman–Crippen LogP) is -0.240. The summed E-state index contributed by atoms with van der Waals surface area (Å²) in [5.74, 6) is -0.581. The number of esters is 1. The molecule has 0 radical (unpaired) electrons. The number of ether oxygens (including phenoxy) is 1. The van der Waals surface area contributed by atoms with Crippen molar-refractivity contribution in [2.24, 2.45) is 0 Å². The quantitative estimate of drug-likeness (QED) is 0.744. The number of hydrogen-bond acceptors (Lipinski definition) is 6. The molecule has 9 heteroatoms. The van der Waals surface area contributed by atoms with Gasteiger partial charge in [0.05, 0.1) is 19.0 Å². The van der Waals surface area contributed by atoms with Crippen molar-refractivity contribution in [3.63, 3.8) is 0 Å². The molecule has 1 aromatic rings. The van der Waals surface area contributed by atoms with E-state index in [9.17, 15) is 14.4 Å². The Kier molecular flexibility index (Phi) is 4.79. The number of halogens is 1. The first kappa shape index (κ1) is 15.3. The van der Waals surface area contributed by atoms with Gasteiger partial charge in [0.1, 0.15) is 11.6 Å². The van der Waals surface area contributed by atoms with Gasteiger partial charge in [-0.25, -0.2) is 4.68 Å². The molecule has 2 N–H and O–H groups in total. The van der Waals surface area contributed by atoms with E-state index in [0.29, 0.717) is 25.1 Å². The number of methoxy groups -OCH3 is 1. The molecule has 1 aromatic heterocycles. The molecular weight excluding hydrogens is 300 g/mol. The number of hydrogen-bond donors (Lipinski definition) is 2. The van der Waals surface area contributed by atoms with E-state index in [1.54, 1.807) is 0 Å². The minimum Gasteiger partial charge on any atom is -0.468 e. The number of carbonyl (C=O) groups excluding carboxylic acids is 2. The molecule has 0 bridgehead atoms. The number of carbonyl (C=O) groups is 2. The fraction of sp³-hybridized carbons (Fsp3) is 0.500. The van der Waals surface area contributed by atoms with E-state index in [2.05, 4.69) is 20.5 Å². The van der Waals surface area contributed by atoms with Gasteiger partial charge < -0.3 is 15.4 Å². The fourth-order valence-electron chi connectivity index (χ4n) is 1.94. The van der Waals surface area contributed by atoms with Crippen molar-refractivity contribution in [1.29, 1.82) is 0 Å². The lowest BCUT2D eigenvalue weighted by atomic mass is 10.1. The van der Waals surface area contributed by atoms with Gasteiger partial charge in [-0.3, -0.25) is 14.4 Å². The lowest BCUT2D eigenvalue weighted by Gasteiger charge is -2.24. The number of amides is 1. The number of nitrogens with zero attached hydrogens (tertiary/aromatic N) is 2. The van der Waals surface area contributed by atoms with Gasteiger partial charge in [0.15, 0.2) is 0 Å². The van der Waals surface area contributed by atoms with Gasteiger partial charge >= 0.3 is 5.97 Å². The molecule has 0 spiro atoms. The Morgan fingerprint density at radius 2 is 2.38 bits per heavy atom. The third-order valence-corrected chi connectivity index (χ3v) is 3.48. The van der Waals surface area contributed by atoms with Crippen LogP contribution < -0.4 is 16.2 Å². The van der Waals surface area contributed by atoms with Crippen molar-refractivity contribution in [3.05, 3.63) is 21.6 Å². The second-order valence-electron chi connectivity index (χ2n) is 4.60. The third-order valence-electron chi connectivity index (χ3n) is 3.12. The maximum Gasteiger partial charge on any atom is 0.327 e. The maximum atomic E-state index is 12.0. The highest BCUT2D eigenvalue weighted by Gasteiger charge is 2.20. The molecule has 21 heavy (non-hydrogen) atoms. The monoisotopic (exact) mass is 314 g/mol. The topological polar surface area (TPSA) is 102 Å². The van der Waals surface area contributed by atoms with Crippen molar-refractivity contribution < 1.29 is 14.3 Å². The van der Waals surface area contributed by atoms with E-state index in [4.69, 9.17) is 11.6 Å². The van der Waals surface area contributed by atoms with Crippen LogP contribution in [0.5, 0.6) is 0 Å². The van der Waals surface area contributed by atoms with Crippen molar-refractivity contribution in [3.8, 4) is 0 Å². The van der Waals surface area contributed by atoms with Crippen molar-refractivity contribution >= 4 is 29.2 Å². The first-order valence-corrected chi connectivity index (χ1v) is 6.74. The Morgan fingerprint density at radius 1 is 1.62 bits per heavy atom. The zero-order valence-electron chi connectivity index (χ0n) is 11.4. The van der Waals surface area contributed by atoms with E-state index in [0.717, 1.165) is 4.68 Å². The number of nitrogens with one attached hydrogen (secondary N) is 2. The molecule has 1 atom stereocenters. The molecule has 1 fully saturated rings. The van der Waals surface area contributed by atoms with Gasteiger partial charge in [-0.05, 0) is 6.42 Å². The van der Waals surface area contributed by atoms with E-state index < -0.39 is 11.5 Å². The van der Waals surface area contributed by atoms with Crippen LogP contribution >= 0.6 is 11.6 Å². The molecule has 114 valence electrons. The van der Waals surface area contributed by atoms with Crippen LogP contribution in [0, 0.1) is 0 Å². The largest absolute Gasteiger partial charge is 0.468 e. The van der Waals surface area contributed by atoms with Crippen LogP contribution in [0.1, 0.15) is 12.8 Å². The molecule has 1 amide bonds. The van der Waals surface area contributed by atoms with Crippen molar-refractivity contribution in [2.75, 3.05) is 19.0 Å². The summed E-state index contributed by atoms with van der Waals surface area (Å²) in [5.41, 5.74) is -0.198. The predicted molar refractivity (Wildman–Crippen MR) is 75.2 cm³/mol. The van der Waals surface area contributed by atoms with Gasteiger partial charge in [0.2, 0.25) is 5.91 Å². The number of piperidine rings is 1. The Hall–Kier alpha value is -2.09. The fourth-order valence-corrected chi connectivity index (χ4v) is 2.14. The average molecular weight is 315 g/mol. The van der Waals surface area contributed by atoms with E-state index in [1.165, 1.54) is 13.3 Å². The van der Waals surface area contributed by atoms with Gasteiger partial charge in [0.25, 0.3) is 5.56 Å². The van der Waals surface area contributed by atoms with Crippen LogP contribution in [0.3, 0.4) is 0 Å². The Labute approximate surface area is 125 Å². The van der Waals surface area contributed by atoms with E-state index in [1.807, 2.05) is 0 Å². The molecule has 1 saturated heterocycles. The molecule has 1 aliphatic rings. The van der Waals surface area contributed by atoms with Crippen LogP contribution in [-0.2, 0) is 20.9 Å². The third kappa shape index (κ3) is 3.72. The van der Waals surface area contributed by atoms with E-state index in [-0.39, 0.29) is 23.5 Å². The summed E-state index contributed by atoms with van der Waals surface area (Å²) in [6, 6.07) is -0.0159. The second-order valence-corrected chi connectivity index (χ2v) is 4.97. The smallest absolute Gasteiger partial charge is 0.327 e. The zero-order chi connectivity index (χ0) is 15.4. The SMILES string of the molecule is COC(=O)Cn1ncc(NC2CCC(=O)NC2)c(Cl)c1=O. The summed E-state index contributed by atoms with van der Waals surface area (Å²) >= 11 is 6.00. The van der Waals surface area contributed by atoms with Crippen molar-refractivity contribution in [1.82, 2.24) is 15.1 Å². The molecule has 1 unspecified atom stereocenters. The zero-order valence-corrected chi connectivity index (χ0v) is 12.1. The normalized spacial score (nSPS) is 18.0. The molecule has 0 aromatic carbocycles. The van der Waals surface area contributed by atoms with Gasteiger partial charge in [-0.2, -0.15) is 5.10 Å². The van der Waals surface area contributed by atoms with Crippen LogP contribution in [0.2, 0.25) is 5.02 Å². The summed E-state index contributed by atoms with van der Waals surface area (Å²) < 4.78 is 5.41. The number of rotatable bonds is 4. The minimum atomic E-state index is -0.587. The van der Waals surface area contributed by atoms with Gasteiger partial charge in [-0.15, -0.1) is 0 Å². The summed E-state index contributed by atoms with van der Waals surface area (Å²) in [4.78, 5) is 34.2. The number of aromatic nitrogens is 2. The number of anilines is 1. The first-order valence-electron chi connectivity index (χ1n) is 6.37. The summed E-state index contributed by atoms with van der Waals surface area (Å²) in [6.07, 6.45) is 2.44. The molecule has 2 rings (SSSR count). The lowest BCUT2D eigenvalue weighted by molar-refractivity contribution is -0.141. The van der Waals surface area contributed by atoms with Gasteiger partial charge in [0, 0.05) is 19.0 Å². The molecule has 2 heterocycles. The highest BCUT2D eigenvalue weighted by molar-refractivity contribution is 6.32. The Balaban J connectivity index is 2.11. The highest BCUT2D eigenvalue weighted by Crippen LogP contribution is 2.18. The second kappa shape index (κ2) is 6.57. The van der Waals surface area contributed by atoms with Crippen LogP contribution in [-0.4, -0.2) is 41.4 Å². The van der Waals surface area contributed by atoms with Gasteiger partial charge in [-0.1, -0.05) is 11.6 Å². The van der Waals surface area contributed by atoms with E-state index >= 15 is 0 Å². The maximum absolute atomic E-state index is 12.0. The van der Waals surface area contributed by atoms with Crippen LogP contribution in [0.15, 0.2) is 11.0 Å². The Morgan fingerprint density at radius 3 is 3.00 bits per heavy atom. The molecule has 0 aliphatic carbocycles. The van der Waals surface area contributed by atoms with Crippen molar-refractivity contribution in [2.45, 2.75) is 25.4 Å². The average Bonchev–Trinajstić information content (AvgIpc) is 2.49. The minimum absolute atomic E-state index is 0.00534. The summed E-state index contributed by atoms with van der Waals surface area (Å²) in [5, 5.41) is 9.61. The van der Waals surface area contributed by atoms with Crippen LogP contribution in [0.25, 0.3) is 0 Å². The Bertz CT molecular complexity index is 606. The molecule has 1 aliphatic heterocycles. The first-order chi connectivity index (χ1) is 10.0. The lowest BCUT2D eigenvalue weighted by Crippen LogP contribution is -2.42. The molecule has 0 saturated carbocycles. The summed E-state index contributed by atoms with van der Waals surface area (Å²) in [7, 11) is 1.22. The van der Waals surface area contributed by atoms with Crippen LogP contribution in [0.4, 0.5) is 5.69 Å². The standard InChI is InChI=1S/C12H15ClN4O4/c1-21-10(19)6-17-12(20)11(13)8(5-15-17)16-7-2-3-9(18)14-4-7/h5,7,16H,2-4,6H2,1H3,(H,14,18). The highest BCUT2D eigenvalue weighted by atomic mass is 35.5.